The monoisotopic (exact) mass is 372 g/mol. The molecule has 26 heavy (non-hydrogen) atoms. The van der Waals surface area contributed by atoms with E-state index in [0.29, 0.717) is 16.9 Å². The van der Waals surface area contributed by atoms with E-state index in [4.69, 9.17) is 4.74 Å². The first-order valence-electron chi connectivity index (χ1n) is 7.49. The summed E-state index contributed by atoms with van der Waals surface area (Å²) >= 11 is 0. The number of aromatic nitrogens is 1. The number of nitrogens with zero attached hydrogens (tertiary/aromatic N) is 2. The highest BCUT2D eigenvalue weighted by atomic mass is 19.4. The topological polar surface area (TPSA) is 48.5 Å². The third-order valence-corrected chi connectivity index (χ3v) is 3.76. The number of pyridine rings is 1. The van der Waals surface area contributed by atoms with Crippen LogP contribution in [0.1, 0.15) is 30.7 Å². The van der Waals surface area contributed by atoms with Crippen LogP contribution in [0.2, 0.25) is 0 Å². The van der Waals surface area contributed by atoms with Crippen molar-refractivity contribution in [3.05, 3.63) is 64.6 Å². The van der Waals surface area contributed by atoms with E-state index in [9.17, 15) is 27.2 Å². The molecule has 1 aliphatic heterocycles. The van der Waals surface area contributed by atoms with E-state index < -0.39 is 23.4 Å². The second-order valence-electron chi connectivity index (χ2n) is 6.20. The third kappa shape index (κ3) is 2.97. The average Bonchev–Trinajstić information content (AvgIpc) is 2.52. The quantitative estimate of drug-likeness (QED) is 0.456. The van der Waals surface area contributed by atoms with Crippen LogP contribution in [0.4, 0.5) is 22.0 Å². The summed E-state index contributed by atoms with van der Waals surface area (Å²) in [6.45, 7) is 3.15. The minimum atomic E-state index is -5.75. The van der Waals surface area contributed by atoms with Crippen molar-refractivity contribution in [2.75, 3.05) is 0 Å². The van der Waals surface area contributed by atoms with Gasteiger partial charge in [-0.05, 0) is 38.1 Å². The number of benzene rings is 1. The zero-order chi connectivity index (χ0) is 19.3. The van der Waals surface area contributed by atoms with E-state index >= 15 is 0 Å². The Kier molecular flexibility index (Phi) is 3.93. The van der Waals surface area contributed by atoms with E-state index in [1.807, 2.05) is 0 Å². The predicted molar refractivity (Wildman–Crippen MR) is 82.1 cm³/mol. The molecular formula is C17H13F5N2O2. The second-order valence-corrected chi connectivity index (χ2v) is 6.20. The average molecular weight is 372 g/mol. The highest BCUT2D eigenvalue weighted by Crippen LogP contribution is 2.45. The molecule has 3 rings (SSSR count). The summed E-state index contributed by atoms with van der Waals surface area (Å²) in [4.78, 5) is 4.22. The molecule has 0 spiro atoms. The molecular weight excluding hydrogens is 359 g/mol. The Morgan fingerprint density at radius 2 is 1.77 bits per heavy atom. The van der Waals surface area contributed by atoms with Crippen molar-refractivity contribution in [1.82, 2.24) is 0 Å². The molecule has 9 heteroatoms. The van der Waals surface area contributed by atoms with Gasteiger partial charge in [-0.25, -0.2) is 4.99 Å². The van der Waals surface area contributed by atoms with E-state index in [0.717, 1.165) is 6.07 Å². The van der Waals surface area contributed by atoms with Crippen LogP contribution >= 0.6 is 0 Å². The molecule has 2 heterocycles. The predicted octanol–water partition coefficient (Wildman–Crippen LogP) is 3.94. The van der Waals surface area contributed by atoms with Crippen LogP contribution in [0.15, 0.2) is 47.6 Å². The maximum atomic E-state index is 13.7. The minimum Gasteiger partial charge on any atom is -0.618 e. The molecule has 0 fully saturated rings. The van der Waals surface area contributed by atoms with Crippen molar-refractivity contribution in [1.29, 1.82) is 0 Å². The highest BCUT2D eigenvalue weighted by Gasteiger charge is 2.59. The summed E-state index contributed by atoms with van der Waals surface area (Å²) in [7, 11) is 0. The molecule has 0 unspecified atom stereocenters. The highest BCUT2D eigenvalue weighted by molar-refractivity contribution is 6.13. The van der Waals surface area contributed by atoms with Gasteiger partial charge in [-0.1, -0.05) is 0 Å². The molecule has 0 amide bonds. The van der Waals surface area contributed by atoms with Crippen molar-refractivity contribution in [2.24, 2.45) is 4.99 Å². The first kappa shape index (κ1) is 18.1. The lowest BCUT2D eigenvalue weighted by atomic mass is 9.97. The van der Waals surface area contributed by atoms with Gasteiger partial charge < -0.3 is 9.94 Å². The molecule has 2 aromatic rings. The van der Waals surface area contributed by atoms with Crippen LogP contribution < -0.4 is 9.47 Å². The summed E-state index contributed by atoms with van der Waals surface area (Å²) in [5.74, 6) is -4.99. The van der Waals surface area contributed by atoms with Gasteiger partial charge in [0, 0.05) is 23.3 Å². The van der Waals surface area contributed by atoms with Crippen molar-refractivity contribution in [3.8, 4) is 5.75 Å². The fourth-order valence-corrected chi connectivity index (χ4v) is 2.59. The number of halogens is 5. The lowest BCUT2D eigenvalue weighted by Gasteiger charge is -2.30. The molecule has 4 nitrogen and oxygen atoms in total. The zero-order valence-corrected chi connectivity index (χ0v) is 13.6. The molecule has 0 saturated carbocycles. The number of aliphatic imine (C=N–C) groups is 1. The Labute approximate surface area is 145 Å². The van der Waals surface area contributed by atoms with Crippen LogP contribution in [-0.4, -0.2) is 17.6 Å². The van der Waals surface area contributed by atoms with Crippen molar-refractivity contribution < 1.29 is 31.4 Å². The van der Waals surface area contributed by atoms with Crippen LogP contribution in [-0.2, 0) is 5.92 Å². The van der Waals surface area contributed by atoms with Crippen molar-refractivity contribution in [2.45, 2.75) is 31.7 Å². The summed E-state index contributed by atoms with van der Waals surface area (Å²) < 4.78 is 71.5. The number of rotatable bonds is 2. The molecule has 0 atom stereocenters. The zero-order valence-electron chi connectivity index (χ0n) is 13.6. The minimum absolute atomic E-state index is 0.0117. The maximum absolute atomic E-state index is 13.7. The Morgan fingerprint density at radius 1 is 1.08 bits per heavy atom. The molecule has 1 aromatic heterocycles. The number of hydrogen-bond donors (Lipinski definition) is 0. The van der Waals surface area contributed by atoms with Crippen LogP contribution in [0.25, 0.3) is 0 Å². The van der Waals surface area contributed by atoms with Crippen molar-refractivity contribution in [3.63, 3.8) is 0 Å². The van der Waals surface area contributed by atoms with Crippen LogP contribution in [0, 0.1) is 5.21 Å². The summed E-state index contributed by atoms with van der Waals surface area (Å²) in [5, 5.41) is 12.0. The summed E-state index contributed by atoms with van der Waals surface area (Å²) in [5.41, 5.74) is -2.50. The first-order valence-corrected chi connectivity index (χ1v) is 7.49. The van der Waals surface area contributed by atoms with Gasteiger partial charge in [-0.2, -0.15) is 26.7 Å². The van der Waals surface area contributed by atoms with E-state index in [-0.39, 0.29) is 22.7 Å². The van der Waals surface area contributed by atoms with Gasteiger partial charge in [-0.3, -0.25) is 0 Å². The number of fused-ring (bicyclic) bond motifs is 1. The molecule has 0 bridgehead atoms. The van der Waals surface area contributed by atoms with Gasteiger partial charge in [0.05, 0.1) is 0 Å². The lowest BCUT2D eigenvalue weighted by molar-refractivity contribution is -0.606. The summed E-state index contributed by atoms with van der Waals surface area (Å²) in [6, 6.07) is 6.72. The number of alkyl halides is 5. The van der Waals surface area contributed by atoms with Gasteiger partial charge in [0.25, 0.3) is 0 Å². The smallest absolute Gasteiger partial charge is 0.458 e. The van der Waals surface area contributed by atoms with E-state index in [1.54, 1.807) is 13.8 Å². The molecule has 1 aliphatic rings. The molecule has 0 radical (unpaired) electrons. The van der Waals surface area contributed by atoms with Gasteiger partial charge >= 0.3 is 12.1 Å². The van der Waals surface area contributed by atoms with Crippen LogP contribution in [0.3, 0.4) is 0 Å². The normalized spacial score (nSPS) is 16.5. The van der Waals surface area contributed by atoms with E-state index in [2.05, 4.69) is 4.99 Å². The van der Waals surface area contributed by atoms with Gasteiger partial charge in [0.15, 0.2) is 11.9 Å². The number of ether oxygens (including phenoxy) is 1. The SMILES string of the molecule is CC1(C)N=C(c2cccc[n+]2[O-])c2cc(C(F)(F)C(F)(F)F)ccc2O1. The van der Waals surface area contributed by atoms with Crippen molar-refractivity contribution >= 4 is 5.71 Å². The second kappa shape index (κ2) is 5.65. The summed E-state index contributed by atoms with van der Waals surface area (Å²) in [6.07, 6.45) is -4.58. The van der Waals surface area contributed by atoms with Gasteiger partial charge in [-0.15, -0.1) is 0 Å². The fourth-order valence-electron chi connectivity index (χ4n) is 2.59. The largest absolute Gasteiger partial charge is 0.618 e. The fraction of sp³-hybridized carbons (Fsp3) is 0.294. The maximum Gasteiger partial charge on any atom is 0.458 e. The Bertz CT molecular complexity index is 891. The lowest BCUT2D eigenvalue weighted by Crippen LogP contribution is -2.40. The molecule has 138 valence electrons. The molecule has 0 saturated heterocycles. The molecule has 1 aromatic carbocycles. The van der Waals surface area contributed by atoms with Gasteiger partial charge in [0.1, 0.15) is 11.5 Å². The Balaban J connectivity index is 2.22. The standard InChI is InChI=1S/C17H13F5N2O2/c1-15(2)23-14(12-5-3-4-8-24(12)25)11-9-10(6-7-13(11)26-15)16(18,19)17(20,21)22/h3-9H,1-2H3. The van der Waals surface area contributed by atoms with E-state index in [1.165, 1.54) is 24.4 Å². The number of hydrogen-bond acceptors (Lipinski definition) is 3. The van der Waals surface area contributed by atoms with Gasteiger partial charge in [0.2, 0.25) is 5.69 Å². The molecule has 0 aliphatic carbocycles. The third-order valence-electron chi connectivity index (χ3n) is 3.76. The van der Waals surface area contributed by atoms with Crippen LogP contribution in [0.5, 0.6) is 5.75 Å². The first-order chi connectivity index (χ1) is 11.9. The Morgan fingerprint density at radius 3 is 2.38 bits per heavy atom. The molecule has 0 N–H and O–H groups in total. The Hall–Kier alpha value is -2.71.